The minimum atomic E-state index is 0.956. The van der Waals surface area contributed by atoms with Crippen LogP contribution in [0.5, 0.6) is 0 Å². The van der Waals surface area contributed by atoms with Gasteiger partial charge in [0.15, 0.2) is 0 Å². The average molecular weight is 234 g/mol. The van der Waals surface area contributed by atoms with E-state index < -0.39 is 0 Å². The van der Waals surface area contributed by atoms with E-state index in [9.17, 15) is 0 Å². The van der Waals surface area contributed by atoms with E-state index >= 15 is 0 Å². The summed E-state index contributed by atoms with van der Waals surface area (Å²) in [6.45, 7) is 3.88. The van der Waals surface area contributed by atoms with Crippen molar-refractivity contribution >= 4 is 0 Å². The van der Waals surface area contributed by atoms with Crippen molar-refractivity contribution in [3.63, 3.8) is 0 Å². The topological polar surface area (TPSA) is 0 Å². The molecular formula is C18H18. The Kier molecular flexibility index (Phi) is 3.02. The lowest BCUT2D eigenvalue weighted by molar-refractivity contribution is 0.911. The van der Waals surface area contributed by atoms with Gasteiger partial charge < -0.3 is 0 Å². The van der Waals surface area contributed by atoms with Gasteiger partial charge in [-0.15, -0.1) is 6.58 Å². The lowest BCUT2D eigenvalue weighted by Gasteiger charge is -2.12. The molecule has 0 nitrogen and oxygen atoms in total. The lowest BCUT2D eigenvalue weighted by atomic mass is 9.93. The molecule has 0 radical (unpaired) electrons. The molecule has 90 valence electrons. The van der Waals surface area contributed by atoms with Gasteiger partial charge >= 0.3 is 0 Å². The molecule has 0 saturated heterocycles. The molecule has 0 amide bonds. The number of benzene rings is 2. The standard InChI is InChI=1S/C18H18/c1-2-7-17-12-15-10-6-11-16(15)13-18(17)14-8-4-3-5-9-14/h2-5,8-9,12-13H,1,6-7,10-11H2. The molecule has 0 unspecified atom stereocenters. The van der Waals surface area contributed by atoms with Gasteiger partial charge in [0.1, 0.15) is 0 Å². The molecule has 0 aliphatic heterocycles. The number of fused-ring (bicyclic) bond motifs is 1. The van der Waals surface area contributed by atoms with Gasteiger partial charge in [0.2, 0.25) is 0 Å². The van der Waals surface area contributed by atoms with Crippen LogP contribution < -0.4 is 0 Å². The molecule has 0 N–H and O–H groups in total. The lowest BCUT2D eigenvalue weighted by Crippen LogP contribution is -1.93. The Labute approximate surface area is 109 Å². The fraction of sp³-hybridized carbons (Fsp3) is 0.222. The first-order valence-electron chi connectivity index (χ1n) is 6.69. The van der Waals surface area contributed by atoms with E-state index in [1.165, 1.54) is 36.0 Å². The summed E-state index contributed by atoms with van der Waals surface area (Å²) in [6.07, 6.45) is 6.75. The van der Waals surface area contributed by atoms with Crippen molar-refractivity contribution in [2.24, 2.45) is 0 Å². The summed E-state index contributed by atoms with van der Waals surface area (Å²) in [5.41, 5.74) is 7.21. The van der Waals surface area contributed by atoms with E-state index in [1.807, 2.05) is 6.08 Å². The first-order chi connectivity index (χ1) is 8.88. The van der Waals surface area contributed by atoms with Crippen molar-refractivity contribution in [2.75, 3.05) is 0 Å². The van der Waals surface area contributed by atoms with Crippen LogP contribution in [0, 0.1) is 0 Å². The molecule has 2 aromatic rings. The highest BCUT2D eigenvalue weighted by molar-refractivity contribution is 5.69. The van der Waals surface area contributed by atoms with E-state index in [0.29, 0.717) is 0 Å². The van der Waals surface area contributed by atoms with Crippen LogP contribution in [-0.4, -0.2) is 0 Å². The monoisotopic (exact) mass is 234 g/mol. The Hall–Kier alpha value is -1.82. The largest absolute Gasteiger partial charge is 0.103 e. The molecule has 0 heteroatoms. The van der Waals surface area contributed by atoms with Gasteiger partial charge in [-0.3, -0.25) is 0 Å². The molecule has 0 heterocycles. The zero-order valence-electron chi connectivity index (χ0n) is 10.7. The Morgan fingerprint density at radius 1 is 1.00 bits per heavy atom. The molecule has 3 rings (SSSR count). The number of aryl methyl sites for hydroxylation is 2. The summed E-state index contributed by atoms with van der Waals surface area (Å²) < 4.78 is 0. The van der Waals surface area contributed by atoms with Crippen molar-refractivity contribution < 1.29 is 0 Å². The molecule has 0 saturated carbocycles. The second kappa shape index (κ2) is 4.81. The molecule has 0 spiro atoms. The molecule has 1 aliphatic carbocycles. The van der Waals surface area contributed by atoms with Gasteiger partial charge in [0.25, 0.3) is 0 Å². The van der Waals surface area contributed by atoms with E-state index in [4.69, 9.17) is 0 Å². The summed E-state index contributed by atoms with van der Waals surface area (Å²) in [7, 11) is 0. The summed E-state index contributed by atoms with van der Waals surface area (Å²) in [5, 5.41) is 0. The van der Waals surface area contributed by atoms with E-state index in [0.717, 1.165) is 6.42 Å². The smallest absolute Gasteiger partial charge is 0.00939 e. The summed E-state index contributed by atoms with van der Waals surface area (Å²) in [5.74, 6) is 0. The Morgan fingerprint density at radius 2 is 1.72 bits per heavy atom. The highest BCUT2D eigenvalue weighted by atomic mass is 14.2. The fourth-order valence-electron chi connectivity index (χ4n) is 2.89. The highest BCUT2D eigenvalue weighted by Gasteiger charge is 2.14. The summed E-state index contributed by atoms with van der Waals surface area (Å²) in [4.78, 5) is 0. The molecule has 0 atom stereocenters. The van der Waals surface area contributed by atoms with E-state index in [1.54, 1.807) is 11.1 Å². The minimum Gasteiger partial charge on any atom is -0.103 e. The van der Waals surface area contributed by atoms with Gasteiger partial charge in [-0.25, -0.2) is 0 Å². The normalized spacial score (nSPS) is 13.3. The maximum atomic E-state index is 3.88. The maximum absolute atomic E-state index is 3.88. The maximum Gasteiger partial charge on any atom is -0.00939 e. The van der Waals surface area contributed by atoms with Crippen molar-refractivity contribution in [2.45, 2.75) is 25.7 Å². The number of hydrogen-bond acceptors (Lipinski definition) is 0. The molecule has 0 bridgehead atoms. The zero-order valence-corrected chi connectivity index (χ0v) is 10.7. The van der Waals surface area contributed by atoms with Gasteiger partial charge in [-0.2, -0.15) is 0 Å². The van der Waals surface area contributed by atoms with Gasteiger partial charge in [-0.1, -0.05) is 48.5 Å². The van der Waals surface area contributed by atoms with Crippen molar-refractivity contribution in [3.8, 4) is 11.1 Å². The van der Waals surface area contributed by atoms with Crippen molar-refractivity contribution in [1.82, 2.24) is 0 Å². The number of rotatable bonds is 3. The second-order valence-corrected chi connectivity index (χ2v) is 4.99. The predicted molar refractivity (Wildman–Crippen MR) is 77.8 cm³/mol. The molecular weight excluding hydrogens is 216 g/mol. The number of hydrogen-bond donors (Lipinski definition) is 0. The zero-order chi connectivity index (χ0) is 12.4. The molecule has 0 aromatic heterocycles. The van der Waals surface area contributed by atoms with Crippen LogP contribution in [0.2, 0.25) is 0 Å². The third kappa shape index (κ3) is 1.99. The van der Waals surface area contributed by atoms with Crippen LogP contribution in [0.15, 0.2) is 55.1 Å². The Bertz CT molecular complexity index is 564. The quantitative estimate of drug-likeness (QED) is 0.682. The molecule has 1 aliphatic rings. The third-order valence-electron chi connectivity index (χ3n) is 3.77. The predicted octanol–water partition coefficient (Wildman–Crippen LogP) is 4.57. The van der Waals surface area contributed by atoms with Gasteiger partial charge in [0.05, 0.1) is 0 Å². The summed E-state index contributed by atoms with van der Waals surface area (Å²) in [6, 6.07) is 15.5. The van der Waals surface area contributed by atoms with Crippen molar-refractivity contribution in [1.29, 1.82) is 0 Å². The SMILES string of the molecule is C=CCc1cc2c(cc1-c1ccccc1)CCC2. The Balaban J connectivity index is 2.15. The van der Waals surface area contributed by atoms with Gasteiger partial charge in [-0.05, 0) is 53.5 Å². The average Bonchev–Trinajstić information content (AvgIpc) is 2.86. The first kappa shape index (κ1) is 11.3. The second-order valence-electron chi connectivity index (χ2n) is 4.99. The van der Waals surface area contributed by atoms with Crippen LogP contribution >= 0.6 is 0 Å². The van der Waals surface area contributed by atoms with E-state index in [-0.39, 0.29) is 0 Å². The van der Waals surface area contributed by atoms with Crippen LogP contribution in [-0.2, 0) is 19.3 Å². The van der Waals surface area contributed by atoms with Crippen LogP contribution in [0.25, 0.3) is 11.1 Å². The first-order valence-corrected chi connectivity index (χ1v) is 6.69. The molecule has 18 heavy (non-hydrogen) atoms. The molecule has 0 fully saturated rings. The number of allylic oxidation sites excluding steroid dienone is 1. The Morgan fingerprint density at radius 3 is 2.44 bits per heavy atom. The van der Waals surface area contributed by atoms with Gasteiger partial charge in [0, 0.05) is 0 Å². The highest BCUT2D eigenvalue weighted by Crippen LogP contribution is 2.32. The fourth-order valence-corrected chi connectivity index (χ4v) is 2.89. The minimum absolute atomic E-state index is 0.956. The van der Waals surface area contributed by atoms with Crippen LogP contribution in [0.3, 0.4) is 0 Å². The van der Waals surface area contributed by atoms with E-state index in [2.05, 4.69) is 49.0 Å². The van der Waals surface area contributed by atoms with Crippen molar-refractivity contribution in [3.05, 3.63) is 71.8 Å². The van der Waals surface area contributed by atoms with Crippen LogP contribution in [0.1, 0.15) is 23.1 Å². The molecule has 2 aromatic carbocycles. The van der Waals surface area contributed by atoms with Crippen LogP contribution in [0.4, 0.5) is 0 Å². The summed E-state index contributed by atoms with van der Waals surface area (Å²) >= 11 is 0. The third-order valence-corrected chi connectivity index (χ3v) is 3.77.